The van der Waals surface area contributed by atoms with E-state index < -0.39 is 0 Å². The van der Waals surface area contributed by atoms with Gasteiger partial charge in [0.15, 0.2) is 0 Å². The monoisotopic (exact) mass is 305 g/mol. The number of rotatable bonds is 6. The number of halogens is 1. The minimum absolute atomic E-state index is 0.0286. The molecule has 0 saturated carbocycles. The molecule has 0 spiro atoms. The number of carbonyl (C=O) groups excluding carboxylic acids is 1. The molecule has 0 aliphatic carbocycles. The van der Waals surface area contributed by atoms with Crippen LogP contribution in [0.5, 0.6) is 0 Å². The molecule has 2 aromatic carbocycles. The molecule has 0 fully saturated rings. The molecule has 0 aromatic heterocycles. The summed E-state index contributed by atoms with van der Waals surface area (Å²) in [5, 5.41) is 3.48. The Morgan fingerprint density at radius 3 is 2.65 bits per heavy atom. The summed E-state index contributed by atoms with van der Waals surface area (Å²) in [4.78, 5) is 13.0. The number of thioether (sulfide) groups is 1. The first-order chi connectivity index (χ1) is 9.74. The van der Waals surface area contributed by atoms with Gasteiger partial charge in [-0.25, -0.2) is 0 Å². The van der Waals surface area contributed by atoms with E-state index in [0.29, 0.717) is 11.4 Å². The Kier molecular flexibility index (Phi) is 5.96. The van der Waals surface area contributed by atoms with Crippen LogP contribution in [-0.4, -0.2) is 11.7 Å². The van der Waals surface area contributed by atoms with Gasteiger partial charge in [-0.1, -0.05) is 35.9 Å². The normalized spacial score (nSPS) is 10.2. The van der Waals surface area contributed by atoms with Crippen molar-refractivity contribution < 1.29 is 4.79 Å². The van der Waals surface area contributed by atoms with E-state index in [0.717, 1.165) is 17.9 Å². The molecular weight excluding hydrogens is 290 g/mol. The number of benzene rings is 2. The van der Waals surface area contributed by atoms with Crippen molar-refractivity contribution in [3.63, 3.8) is 0 Å². The Balaban J connectivity index is 1.68. The number of anilines is 1. The Labute approximate surface area is 128 Å². The van der Waals surface area contributed by atoms with Gasteiger partial charge in [0.25, 0.3) is 0 Å². The highest BCUT2D eigenvalue weighted by Gasteiger charge is 2.03. The van der Waals surface area contributed by atoms with E-state index in [4.69, 9.17) is 11.6 Å². The van der Waals surface area contributed by atoms with Gasteiger partial charge < -0.3 is 5.32 Å². The molecule has 0 aliphatic rings. The predicted octanol–water partition coefficient (Wildman–Crippen LogP) is 4.85. The van der Waals surface area contributed by atoms with Crippen molar-refractivity contribution >= 4 is 35.0 Å². The van der Waals surface area contributed by atoms with E-state index in [2.05, 4.69) is 17.4 Å². The lowest BCUT2D eigenvalue weighted by Crippen LogP contribution is -2.11. The van der Waals surface area contributed by atoms with E-state index in [-0.39, 0.29) is 5.91 Å². The predicted molar refractivity (Wildman–Crippen MR) is 86.5 cm³/mol. The fourth-order valence-corrected chi connectivity index (χ4v) is 2.79. The summed E-state index contributed by atoms with van der Waals surface area (Å²) in [6.07, 6.45) is 1.37. The van der Waals surface area contributed by atoms with Crippen LogP contribution in [0.3, 0.4) is 0 Å². The summed E-state index contributed by atoms with van der Waals surface area (Å²) in [7, 11) is 0. The van der Waals surface area contributed by atoms with Crippen LogP contribution in [0.1, 0.15) is 12.8 Å². The van der Waals surface area contributed by atoms with Crippen LogP contribution in [0.2, 0.25) is 5.02 Å². The Morgan fingerprint density at radius 2 is 1.90 bits per heavy atom. The maximum Gasteiger partial charge on any atom is 0.224 e. The number of carbonyl (C=O) groups is 1. The molecule has 0 radical (unpaired) electrons. The van der Waals surface area contributed by atoms with E-state index in [1.807, 2.05) is 30.3 Å². The Morgan fingerprint density at radius 1 is 1.10 bits per heavy atom. The van der Waals surface area contributed by atoms with Crippen molar-refractivity contribution in [3.05, 3.63) is 59.6 Å². The largest absolute Gasteiger partial charge is 0.326 e. The molecule has 2 nitrogen and oxygen atoms in total. The molecular formula is C16H16ClNOS. The molecule has 0 saturated heterocycles. The molecule has 1 N–H and O–H groups in total. The van der Waals surface area contributed by atoms with Gasteiger partial charge in [0, 0.05) is 22.0 Å². The zero-order valence-corrected chi connectivity index (χ0v) is 12.6. The van der Waals surface area contributed by atoms with Gasteiger partial charge in [0.05, 0.1) is 0 Å². The molecule has 2 aromatic rings. The van der Waals surface area contributed by atoms with Gasteiger partial charge >= 0.3 is 0 Å². The summed E-state index contributed by atoms with van der Waals surface area (Å²) in [6.45, 7) is 0. The second kappa shape index (κ2) is 7.98. The summed E-state index contributed by atoms with van der Waals surface area (Å²) in [6, 6.07) is 17.4. The fourth-order valence-electron chi connectivity index (χ4n) is 1.73. The fraction of sp³-hybridized carbons (Fsp3) is 0.188. The van der Waals surface area contributed by atoms with Crippen LogP contribution in [0, 0.1) is 0 Å². The minimum atomic E-state index is 0.0286. The van der Waals surface area contributed by atoms with Gasteiger partial charge in [-0.05, 0) is 42.5 Å². The van der Waals surface area contributed by atoms with Crippen molar-refractivity contribution in [1.82, 2.24) is 0 Å². The molecule has 4 heteroatoms. The van der Waals surface area contributed by atoms with E-state index >= 15 is 0 Å². The van der Waals surface area contributed by atoms with Crippen LogP contribution >= 0.6 is 23.4 Å². The number of hydrogen-bond acceptors (Lipinski definition) is 2. The summed E-state index contributed by atoms with van der Waals surface area (Å²) in [5.74, 6) is 0.966. The van der Waals surface area contributed by atoms with E-state index in [9.17, 15) is 4.79 Å². The Hall–Kier alpha value is -1.45. The quantitative estimate of drug-likeness (QED) is 0.610. The molecule has 104 valence electrons. The van der Waals surface area contributed by atoms with Gasteiger partial charge in [0.2, 0.25) is 5.91 Å². The lowest BCUT2D eigenvalue weighted by Gasteiger charge is -2.05. The zero-order valence-electron chi connectivity index (χ0n) is 11.0. The second-order valence-corrected chi connectivity index (χ2v) is 5.93. The second-order valence-electron chi connectivity index (χ2n) is 4.32. The lowest BCUT2D eigenvalue weighted by molar-refractivity contribution is -0.116. The zero-order chi connectivity index (χ0) is 14.2. The molecule has 0 unspecified atom stereocenters. The van der Waals surface area contributed by atoms with Crippen LogP contribution in [0.15, 0.2) is 59.5 Å². The first-order valence-electron chi connectivity index (χ1n) is 6.47. The average Bonchev–Trinajstić information content (AvgIpc) is 2.45. The molecule has 2 rings (SSSR count). The highest BCUT2D eigenvalue weighted by atomic mass is 35.5. The molecule has 20 heavy (non-hydrogen) atoms. The molecule has 0 heterocycles. The molecule has 0 atom stereocenters. The lowest BCUT2D eigenvalue weighted by atomic mass is 10.3. The topological polar surface area (TPSA) is 29.1 Å². The summed E-state index contributed by atoms with van der Waals surface area (Å²) < 4.78 is 0. The van der Waals surface area contributed by atoms with Gasteiger partial charge in [-0.3, -0.25) is 4.79 Å². The van der Waals surface area contributed by atoms with E-state index in [1.165, 1.54) is 4.90 Å². The van der Waals surface area contributed by atoms with Crippen LogP contribution in [-0.2, 0) is 4.79 Å². The van der Waals surface area contributed by atoms with Crippen LogP contribution in [0.25, 0.3) is 0 Å². The van der Waals surface area contributed by atoms with Crippen molar-refractivity contribution in [3.8, 4) is 0 Å². The van der Waals surface area contributed by atoms with Crippen LogP contribution in [0.4, 0.5) is 5.69 Å². The maximum absolute atomic E-state index is 11.8. The summed E-state index contributed by atoms with van der Waals surface area (Å²) >= 11 is 7.64. The molecule has 0 aliphatic heterocycles. The third-order valence-corrected chi connectivity index (χ3v) is 4.00. The van der Waals surface area contributed by atoms with Crippen molar-refractivity contribution in [1.29, 1.82) is 0 Å². The first-order valence-corrected chi connectivity index (χ1v) is 7.84. The number of hydrogen-bond donors (Lipinski definition) is 1. The van der Waals surface area contributed by atoms with Gasteiger partial charge in [0.1, 0.15) is 0 Å². The van der Waals surface area contributed by atoms with E-state index in [1.54, 1.807) is 23.9 Å². The third-order valence-electron chi connectivity index (χ3n) is 2.67. The average molecular weight is 306 g/mol. The van der Waals surface area contributed by atoms with Crippen molar-refractivity contribution in [2.75, 3.05) is 11.1 Å². The first kappa shape index (κ1) is 14.9. The highest BCUT2D eigenvalue weighted by Crippen LogP contribution is 2.19. The van der Waals surface area contributed by atoms with Crippen molar-refractivity contribution in [2.45, 2.75) is 17.7 Å². The Bertz CT molecular complexity index is 559. The van der Waals surface area contributed by atoms with Crippen molar-refractivity contribution in [2.24, 2.45) is 0 Å². The smallest absolute Gasteiger partial charge is 0.224 e. The van der Waals surface area contributed by atoms with Gasteiger partial charge in [-0.15, -0.1) is 11.8 Å². The molecule has 0 bridgehead atoms. The number of amides is 1. The standard InChI is InChI=1S/C16H16ClNOS/c17-13-6-4-7-14(12-13)18-16(19)10-5-11-20-15-8-2-1-3-9-15/h1-4,6-9,12H,5,10-11H2,(H,18,19). The summed E-state index contributed by atoms with van der Waals surface area (Å²) in [5.41, 5.74) is 0.748. The highest BCUT2D eigenvalue weighted by molar-refractivity contribution is 7.99. The SMILES string of the molecule is O=C(CCCSc1ccccc1)Nc1cccc(Cl)c1. The minimum Gasteiger partial charge on any atom is -0.326 e. The van der Waals surface area contributed by atoms with Gasteiger partial charge in [-0.2, -0.15) is 0 Å². The third kappa shape index (κ3) is 5.27. The maximum atomic E-state index is 11.8. The molecule has 1 amide bonds. The number of nitrogens with one attached hydrogen (secondary N) is 1. The van der Waals surface area contributed by atoms with Crippen LogP contribution < -0.4 is 5.32 Å².